The number of rotatable bonds is 5. The molecule has 1 fully saturated rings. The largest absolute Gasteiger partial charge is 0.480 e. The molecule has 0 saturated carbocycles. The quantitative estimate of drug-likeness (QED) is 0.663. The maximum atomic E-state index is 12.2. The monoisotopic (exact) mass is 323 g/mol. The van der Waals surface area contributed by atoms with Crippen LogP contribution in [0, 0.1) is 0 Å². The maximum absolute atomic E-state index is 12.2. The lowest BCUT2D eigenvalue weighted by Crippen LogP contribution is -2.43. The lowest BCUT2D eigenvalue weighted by molar-refractivity contribution is -0.145. The average molecular weight is 323 g/mol. The van der Waals surface area contributed by atoms with Gasteiger partial charge < -0.3 is 9.52 Å². The number of nitrogens with zero attached hydrogens (tertiary/aromatic N) is 1. The van der Waals surface area contributed by atoms with Crippen LogP contribution in [-0.2, 0) is 9.59 Å². The van der Waals surface area contributed by atoms with Crippen LogP contribution in [0.3, 0.4) is 0 Å². The Morgan fingerprint density at radius 2 is 2.38 bits per heavy atom. The Morgan fingerprint density at radius 1 is 1.62 bits per heavy atom. The summed E-state index contributed by atoms with van der Waals surface area (Å²) in [6, 6.07) is 2.63. The van der Waals surface area contributed by atoms with Crippen molar-refractivity contribution in [3.8, 4) is 0 Å². The highest BCUT2D eigenvalue weighted by molar-refractivity contribution is 8.26. The summed E-state index contributed by atoms with van der Waals surface area (Å²) < 4.78 is 5.40. The number of furan rings is 1. The fourth-order valence-electron chi connectivity index (χ4n) is 1.85. The summed E-state index contributed by atoms with van der Waals surface area (Å²) in [6.07, 6.45) is 6.85. The summed E-state index contributed by atoms with van der Waals surface area (Å²) in [5.74, 6) is -0.761. The molecule has 0 bridgehead atoms. The summed E-state index contributed by atoms with van der Waals surface area (Å²) in [7, 11) is 0. The lowest BCUT2D eigenvalue weighted by atomic mass is 10.2. The van der Waals surface area contributed by atoms with Crippen LogP contribution < -0.4 is 0 Å². The van der Waals surface area contributed by atoms with Gasteiger partial charge >= 0.3 is 5.97 Å². The standard InChI is InChI=1S/C14H13NO4S2/c1-2-10(13(17)18)15-12(16)11(21-14(15)20)7-3-5-9-6-4-8-19-9/h3-8,10H,2H2,1H3,(H,17,18). The molecule has 0 spiro atoms. The van der Waals surface area contributed by atoms with E-state index >= 15 is 0 Å². The van der Waals surface area contributed by atoms with Crippen LogP contribution >= 0.6 is 24.0 Å². The molecule has 1 aromatic heterocycles. The molecule has 0 radical (unpaired) electrons. The first-order valence-electron chi connectivity index (χ1n) is 6.24. The van der Waals surface area contributed by atoms with E-state index in [0.29, 0.717) is 17.1 Å². The van der Waals surface area contributed by atoms with Gasteiger partial charge in [0, 0.05) is 0 Å². The van der Waals surface area contributed by atoms with Gasteiger partial charge in [-0.05, 0) is 30.7 Å². The van der Waals surface area contributed by atoms with Crippen molar-refractivity contribution in [3.05, 3.63) is 41.2 Å². The summed E-state index contributed by atoms with van der Waals surface area (Å²) in [4.78, 5) is 25.0. The highest BCUT2D eigenvalue weighted by Crippen LogP contribution is 2.33. The number of carboxylic acids is 1. The number of hydrogen-bond acceptors (Lipinski definition) is 5. The van der Waals surface area contributed by atoms with Gasteiger partial charge in [0.2, 0.25) is 0 Å². The first-order valence-corrected chi connectivity index (χ1v) is 7.47. The molecule has 1 atom stereocenters. The average Bonchev–Trinajstić information content (AvgIpc) is 3.03. The number of carbonyl (C=O) groups excluding carboxylic acids is 1. The van der Waals surface area contributed by atoms with Crippen molar-refractivity contribution in [2.45, 2.75) is 19.4 Å². The smallest absolute Gasteiger partial charge is 0.326 e. The van der Waals surface area contributed by atoms with Crippen LogP contribution in [-0.4, -0.2) is 32.2 Å². The normalized spacial score (nSPS) is 18.9. The van der Waals surface area contributed by atoms with Crippen molar-refractivity contribution in [2.75, 3.05) is 0 Å². The SMILES string of the molecule is CCC(C(=O)O)N1C(=O)C(=CC=Cc2ccco2)SC1=S. The summed E-state index contributed by atoms with van der Waals surface area (Å²) in [5, 5.41) is 9.15. The van der Waals surface area contributed by atoms with Gasteiger partial charge in [-0.3, -0.25) is 9.69 Å². The summed E-state index contributed by atoms with van der Waals surface area (Å²) >= 11 is 6.21. The number of aliphatic carboxylic acids is 1. The van der Waals surface area contributed by atoms with Gasteiger partial charge in [0.1, 0.15) is 16.1 Å². The lowest BCUT2D eigenvalue weighted by Gasteiger charge is -2.21. The van der Waals surface area contributed by atoms with Crippen LogP contribution in [0.15, 0.2) is 39.9 Å². The van der Waals surface area contributed by atoms with E-state index in [0.717, 1.165) is 16.7 Å². The van der Waals surface area contributed by atoms with Crippen LogP contribution in [0.2, 0.25) is 0 Å². The van der Waals surface area contributed by atoms with Crippen LogP contribution in [0.1, 0.15) is 19.1 Å². The number of amides is 1. The predicted molar refractivity (Wildman–Crippen MR) is 84.6 cm³/mol. The van der Waals surface area contributed by atoms with Crippen molar-refractivity contribution in [1.29, 1.82) is 0 Å². The Kier molecular flexibility index (Phi) is 4.98. The molecular formula is C14H13NO4S2. The van der Waals surface area contributed by atoms with E-state index < -0.39 is 12.0 Å². The van der Waals surface area contributed by atoms with Crippen LogP contribution in [0.25, 0.3) is 6.08 Å². The topological polar surface area (TPSA) is 70.8 Å². The number of carboxylic acid groups (broad SMARTS) is 1. The Balaban J connectivity index is 2.15. The van der Waals surface area contributed by atoms with Gasteiger partial charge in [-0.15, -0.1) is 0 Å². The van der Waals surface area contributed by atoms with E-state index in [1.165, 1.54) is 0 Å². The van der Waals surface area contributed by atoms with Gasteiger partial charge in [-0.25, -0.2) is 4.79 Å². The van der Waals surface area contributed by atoms with Gasteiger partial charge in [0.15, 0.2) is 0 Å². The number of thioether (sulfide) groups is 1. The molecule has 1 saturated heterocycles. The second-order valence-electron chi connectivity index (χ2n) is 4.21. The Labute approximate surface area is 131 Å². The number of carbonyl (C=O) groups is 2. The minimum atomic E-state index is -1.05. The molecule has 2 rings (SSSR count). The molecule has 5 nitrogen and oxygen atoms in total. The van der Waals surface area contributed by atoms with E-state index in [1.54, 1.807) is 43.5 Å². The predicted octanol–water partition coefficient (Wildman–Crippen LogP) is 2.90. The molecule has 1 aliphatic heterocycles. The highest BCUT2D eigenvalue weighted by atomic mass is 32.2. The third-order valence-electron chi connectivity index (χ3n) is 2.86. The van der Waals surface area contributed by atoms with Crippen molar-refractivity contribution in [2.24, 2.45) is 0 Å². The summed E-state index contributed by atoms with van der Waals surface area (Å²) in [6.45, 7) is 1.71. The fourth-order valence-corrected chi connectivity index (χ4v) is 3.16. The molecule has 0 aliphatic carbocycles. The molecule has 110 valence electrons. The van der Waals surface area contributed by atoms with Crippen molar-refractivity contribution in [1.82, 2.24) is 4.90 Å². The molecule has 1 aromatic rings. The molecule has 7 heteroatoms. The first-order chi connectivity index (χ1) is 10.0. The Bertz CT molecular complexity index is 619. The number of hydrogen-bond donors (Lipinski definition) is 1. The molecule has 1 unspecified atom stereocenters. The molecule has 1 N–H and O–H groups in total. The Morgan fingerprint density at radius 3 is 2.95 bits per heavy atom. The van der Waals surface area contributed by atoms with Crippen molar-refractivity contribution in [3.63, 3.8) is 0 Å². The molecule has 2 heterocycles. The van der Waals surface area contributed by atoms with E-state index in [1.807, 2.05) is 0 Å². The van der Waals surface area contributed by atoms with Gasteiger partial charge in [-0.1, -0.05) is 37.0 Å². The second kappa shape index (κ2) is 6.73. The molecule has 0 aromatic carbocycles. The first kappa shape index (κ1) is 15.5. The summed E-state index contributed by atoms with van der Waals surface area (Å²) in [5.41, 5.74) is 0. The molecule has 21 heavy (non-hydrogen) atoms. The van der Waals surface area contributed by atoms with Gasteiger partial charge in [0.05, 0.1) is 11.2 Å². The molecular weight excluding hydrogens is 310 g/mol. The highest BCUT2D eigenvalue weighted by Gasteiger charge is 2.39. The van der Waals surface area contributed by atoms with Crippen molar-refractivity contribution < 1.29 is 19.1 Å². The second-order valence-corrected chi connectivity index (χ2v) is 5.89. The van der Waals surface area contributed by atoms with E-state index in [4.69, 9.17) is 21.7 Å². The number of allylic oxidation sites excluding steroid dienone is 2. The minimum absolute atomic E-state index is 0.270. The third-order valence-corrected chi connectivity index (χ3v) is 4.21. The van der Waals surface area contributed by atoms with Gasteiger partial charge in [0.25, 0.3) is 5.91 Å². The third kappa shape index (κ3) is 3.43. The van der Waals surface area contributed by atoms with Gasteiger partial charge in [-0.2, -0.15) is 0 Å². The van der Waals surface area contributed by atoms with E-state index in [2.05, 4.69) is 0 Å². The van der Waals surface area contributed by atoms with Crippen molar-refractivity contribution >= 4 is 46.3 Å². The van der Waals surface area contributed by atoms with E-state index in [-0.39, 0.29) is 10.2 Å². The minimum Gasteiger partial charge on any atom is -0.480 e. The zero-order valence-electron chi connectivity index (χ0n) is 11.2. The zero-order chi connectivity index (χ0) is 15.4. The fraction of sp³-hybridized carbons (Fsp3) is 0.214. The van der Waals surface area contributed by atoms with Crippen LogP contribution in [0.4, 0.5) is 0 Å². The van der Waals surface area contributed by atoms with Crippen LogP contribution in [0.5, 0.6) is 0 Å². The molecule has 1 amide bonds. The zero-order valence-corrected chi connectivity index (χ0v) is 12.8. The van der Waals surface area contributed by atoms with E-state index in [9.17, 15) is 9.59 Å². The Hall–Kier alpha value is -1.86. The number of thiocarbonyl (C=S) groups is 1. The molecule has 1 aliphatic rings. The maximum Gasteiger partial charge on any atom is 0.326 e.